The Hall–Kier alpha value is -4.11. The van der Waals surface area contributed by atoms with Gasteiger partial charge in [0.25, 0.3) is 0 Å². The van der Waals surface area contributed by atoms with Crippen LogP contribution in [0.15, 0.2) is 61.4 Å². The molecule has 9 nitrogen and oxygen atoms in total. The summed E-state index contributed by atoms with van der Waals surface area (Å²) < 4.78 is 7.84. The molecule has 32 heavy (non-hydrogen) atoms. The summed E-state index contributed by atoms with van der Waals surface area (Å²) in [5.41, 5.74) is 11.6. The normalized spacial score (nSPS) is 20.0. The lowest BCUT2D eigenvalue weighted by Gasteiger charge is -2.14. The third-order valence-corrected chi connectivity index (χ3v) is 5.96. The molecule has 0 aliphatic carbocycles. The summed E-state index contributed by atoms with van der Waals surface area (Å²) in [5, 5.41) is 5.20. The molecule has 5 aromatic rings. The maximum Gasteiger partial charge on any atom is 0.220 e. The molecule has 0 bridgehead atoms. The second kappa shape index (κ2) is 6.69. The van der Waals surface area contributed by atoms with Crippen molar-refractivity contribution in [3.8, 4) is 22.4 Å². The van der Waals surface area contributed by atoms with Crippen molar-refractivity contribution in [3.63, 3.8) is 0 Å². The predicted molar refractivity (Wildman–Crippen MR) is 119 cm³/mol. The fourth-order valence-corrected chi connectivity index (χ4v) is 4.30. The molecule has 6 heterocycles. The molecule has 3 N–H and O–H groups in total. The van der Waals surface area contributed by atoms with Crippen LogP contribution in [0.4, 0.5) is 5.95 Å². The first-order valence-corrected chi connectivity index (χ1v) is 10.2. The highest BCUT2D eigenvalue weighted by Gasteiger charge is 2.57. The molecule has 158 valence electrons. The number of aromatic amines is 1. The van der Waals surface area contributed by atoms with Gasteiger partial charge in [0.1, 0.15) is 5.65 Å². The van der Waals surface area contributed by atoms with E-state index in [9.17, 15) is 0 Å². The van der Waals surface area contributed by atoms with Gasteiger partial charge in [-0.1, -0.05) is 0 Å². The van der Waals surface area contributed by atoms with E-state index in [1.54, 1.807) is 17.1 Å². The van der Waals surface area contributed by atoms with Crippen LogP contribution in [0.5, 0.6) is 0 Å². The lowest BCUT2D eigenvalue weighted by Crippen LogP contribution is -2.17. The number of fused-ring (bicyclic) bond motifs is 1. The number of nitrogens with zero attached hydrogens (tertiary/aromatic N) is 6. The Kier molecular flexibility index (Phi) is 3.90. The van der Waals surface area contributed by atoms with Gasteiger partial charge in [-0.2, -0.15) is 5.10 Å². The molecular weight excluding hydrogens is 404 g/mol. The summed E-state index contributed by atoms with van der Waals surface area (Å²) >= 11 is 0. The van der Waals surface area contributed by atoms with Crippen LogP contribution in [0, 0.1) is 0 Å². The second-order valence-electron chi connectivity index (χ2n) is 7.95. The van der Waals surface area contributed by atoms with Gasteiger partial charge in [0.05, 0.1) is 23.7 Å². The number of rotatable bonds is 4. The Morgan fingerprint density at radius 3 is 2.66 bits per heavy atom. The van der Waals surface area contributed by atoms with Gasteiger partial charge in [-0.15, -0.1) is 0 Å². The molecular formula is C23H20N8O. The molecule has 0 radical (unpaired) electrons. The quantitative estimate of drug-likeness (QED) is 0.425. The minimum Gasteiger partial charge on any atom is -0.368 e. The first-order chi connectivity index (χ1) is 15.5. The van der Waals surface area contributed by atoms with Crippen LogP contribution in [0.25, 0.3) is 33.4 Å². The lowest BCUT2D eigenvalue weighted by molar-refractivity contribution is 0.328. The van der Waals surface area contributed by atoms with Crippen LogP contribution >= 0.6 is 0 Å². The predicted octanol–water partition coefficient (Wildman–Crippen LogP) is 3.06. The summed E-state index contributed by atoms with van der Waals surface area (Å²) in [5.74, 6) is 0.194. The second-order valence-corrected chi connectivity index (χ2v) is 7.95. The molecule has 2 unspecified atom stereocenters. The zero-order chi connectivity index (χ0) is 21.9. The average Bonchev–Trinajstić information content (AvgIpc) is 3.11. The molecule has 0 aromatic carbocycles. The van der Waals surface area contributed by atoms with E-state index in [-0.39, 0.29) is 12.1 Å². The first kappa shape index (κ1) is 18.6. The van der Waals surface area contributed by atoms with E-state index in [0.717, 1.165) is 39.0 Å². The number of hydrogen-bond donors (Lipinski definition) is 2. The molecule has 9 heteroatoms. The van der Waals surface area contributed by atoms with Crippen LogP contribution in [0.1, 0.15) is 18.2 Å². The summed E-state index contributed by atoms with van der Waals surface area (Å²) in [7, 11) is 1.89. The summed E-state index contributed by atoms with van der Waals surface area (Å²) in [6, 6.07) is 7.91. The highest BCUT2D eigenvalue weighted by molar-refractivity contribution is 5.95. The molecule has 6 rings (SSSR count). The molecule has 0 spiro atoms. The zero-order valence-electron chi connectivity index (χ0n) is 17.5. The van der Waals surface area contributed by atoms with E-state index in [0.29, 0.717) is 5.69 Å². The number of hydrogen-bond acceptors (Lipinski definition) is 7. The lowest BCUT2D eigenvalue weighted by atomic mass is 9.92. The van der Waals surface area contributed by atoms with Crippen molar-refractivity contribution >= 4 is 17.0 Å². The van der Waals surface area contributed by atoms with Crippen molar-refractivity contribution in [2.24, 2.45) is 7.05 Å². The smallest absolute Gasteiger partial charge is 0.220 e. The number of aromatic nitrogens is 7. The summed E-state index contributed by atoms with van der Waals surface area (Å²) in [4.78, 5) is 21.0. The first-order valence-electron chi connectivity index (χ1n) is 10.2. The fraction of sp³-hybridized carbons (Fsp3) is 0.174. The van der Waals surface area contributed by atoms with Crippen molar-refractivity contribution in [2.75, 3.05) is 5.73 Å². The maximum absolute atomic E-state index is 6.15. The molecule has 1 aliphatic heterocycles. The third-order valence-electron chi connectivity index (χ3n) is 5.96. The Bertz CT molecular complexity index is 1460. The van der Waals surface area contributed by atoms with Gasteiger partial charge < -0.3 is 15.5 Å². The SMILES string of the molecule is CC1OC1(c1ccncc1)c1cc(-c2c[nH]c3ncc(-c4cnn(C)c4)cc23)nc(N)n1. The van der Waals surface area contributed by atoms with E-state index in [1.807, 2.05) is 57.0 Å². The number of epoxide rings is 1. The fourth-order valence-electron chi connectivity index (χ4n) is 4.30. The Labute approximate surface area is 183 Å². The maximum atomic E-state index is 6.15. The highest BCUT2D eigenvalue weighted by atomic mass is 16.6. The highest BCUT2D eigenvalue weighted by Crippen LogP contribution is 2.51. The zero-order valence-corrected chi connectivity index (χ0v) is 17.5. The molecule has 0 amide bonds. The van der Waals surface area contributed by atoms with Crippen molar-refractivity contribution in [1.29, 1.82) is 0 Å². The number of anilines is 1. The minimum atomic E-state index is -0.653. The van der Waals surface area contributed by atoms with Gasteiger partial charge >= 0.3 is 0 Å². The Morgan fingerprint density at radius 1 is 1.12 bits per heavy atom. The number of nitrogen functional groups attached to an aromatic ring is 1. The summed E-state index contributed by atoms with van der Waals surface area (Å²) in [6.07, 6.45) is 11.0. The van der Waals surface area contributed by atoms with E-state index in [1.165, 1.54) is 0 Å². The minimum absolute atomic E-state index is 0.0335. The molecule has 0 saturated carbocycles. The number of aryl methyl sites for hydroxylation is 1. The van der Waals surface area contributed by atoms with Crippen molar-refractivity contribution < 1.29 is 4.74 Å². The van der Waals surface area contributed by atoms with E-state index >= 15 is 0 Å². The van der Waals surface area contributed by atoms with Gasteiger partial charge in [0.15, 0.2) is 5.60 Å². The van der Waals surface area contributed by atoms with Crippen molar-refractivity contribution in [2.45, 2.75) is 18.6 Å². The Morgan fingerprint density at radius 2 is 1.94 bits per heavy atom. The molecule has 2 atom stereocenters. The topological polar surface area (TPSA) is 124 Å². The van der Waals surface area contributed by atoms with Crippen molar-refractivity contribution in [1.82, 2.24) is 34.7 Å². The van der Waals surface area contributed by atoms with Crippen molar-refractivity contribution in [3.05, 3.63) is 72.7 Å². The van der Waals surface area contributed by atoms with Gasteiger partial charge in [-0.05, 0) is 36.8 Å². The largest absolute Gasteiger partial charge is 0.368 e. The van der Waals surface area contributed by atoms with Crippen LogP contribution in [-0.2, 0) is 17.4 Å². The number of nitrogens with one attached hydrogen (secondary N) is 1. The monoisotopic (exact) mass is 424 g/mol. The van der Waals surface area contributed by atoms with Crippen LogP contribution in [0.2, 0.25) is 0 Å². The van der Waals surface area contributed by atoms with Gasteiger partial charge in [0, 0.05) is 60.1 Å². The Balaban J connectivity index is 1.49. The van der Waals surface area contributed by atoms with E-state index < -0.39 is 5.60 Å². The van der Waals surface area contributed by atoms with E-state index in [4.69, 9.17) is 10.5 Å². The van der Waals surface area contributed by atoms with E-state index in [2.05, 4.69) is 36.1 Å². The number of nitrogens with two attached hydrogens (primary N) is 1. The third kappa shape index (κ3) is 2.78. The molecule has 1 fully saturated rings. The number of H-pyrrole nitrogens is 1. The van der Waals surface area contributed by atoms with Crippen LogP contribution < -0.4 is 5.73 Å². The number of ether oxygens (including phenoxy) is 1. The van der Waals surface area contributed by atoms with Crippen LogP contribution in [0.3, 0.4) is 0 Å². The average molecular weight is 424 g/mol. The number of pyridine rings is 2. The standard InChI is InChI=1S/C23H20N8O/c1-13-23(32-13,16-3-5-25-6-4-16)20-8-19(29-22(24)30-20)18-11-27-21-17(18)7-14(9-26-21)15-10-28-31(2)12-15/h3-13H,1-2H3,(H,26,27)(H2,24,29,30). The molecule has 1 aliphatic rings. The van der Waals surface area contributed by atoms with Gasteiger partial charge in [-0.25, -0.2) is 15.0 Å². The van der Waals surface area contributed by atoms with Crippen LogP contribution in [-0.4, -0.2) is 40.8 Å². The van der Waals surface area contributed by atoms with Gasteiger partial charge in [-0.3, -0.25) is 9.67 Å². The molecule has 5 aromatic heterocycles. The molecule has 1 saturated heterocycles. The van der Waals surface area contributed by atoms with Gasteiger partial charge in [0.2, 0.25) is 5.95 Å². The summed E-state index contributed by atoms with van der Waals surface area (Å²) in [6.45, 7) is 2.02.